The van der Waals surface area contributed by atoms with E-state index in [2.05, 4.69) is 21.2 Å². The lowest BCUT2D eigenvalue weighted by atomic mass is 10.1. The average Bonchev–Trinajstić information content (AvgIpc) is 2.88. The van der Waals surface area contributed by atoms with Crippen LogP contribution in [0.25, 0.3) is 10.9 Å². The molecule has 0 fully saturated rings. The Bertz CT molecular complexity index is 648. The number of hydrogen-bond donors (Lipinski definition) is 4. The predicted octanol–water partition coefficient (Wildman–Crippen LogP) is 2.16. The van der Waals surface area contributed by atoms with Gasteiger partial charge in [0, 0.05) is 23.1 Å². The van der Waals surface area contributed by atoms with Crippen LogP contribution in [0, 0.1) is 5.92 Å². The summed E-state index contributed by atoms with van der Waals surface area (Å²) in [5.41, 5.74) is 6.12. The number of rotatable bonds is 3. The van der Waals surface area contributed by atoms with Crippen molar-refractivity contribution >= 4 is 22.8 Å². The van der Waals surface area contributed by atoms with Crippen molar-refractivity contribution in [2.75, 3.05) is 0 Å². The highest BCUT2D eigenvalue weighted by molar-refractivity contribution is 6.06. The molecule has 0 saturated heterocycles. The molecule has 1 unspecified atom stereocenters. The molecule has 0 radical (unpaired) electrons. The zero-order valence-electron chi connectivity index (χ0n) is 12.4. The molecule has 1 atom stereocenters. The lowest BCUT2D eigenvalue weighted by Crippen LogP contribution is -2.50. The van der Waals surface area contributed by atoms with Crippen molar-refractivity contribution in [3.63, 3.8) is 0 Å². The van der Waals surface area contributed by atoms with Crippen LogP contribution in [0.2, 0.25) is 0 Å². The highest BCUT2D eigenvalue weighted by atomic mass is 16.2. The molecular weight excluding hydrogens is 268 g/mol. The van der Waals surface area contributed by atoms with Crippen LogP contribution in [0.15, 0.2) is 30.5 Å². The van der Waals surface area contributed by atoms with E-state index in [0.29, 0.717) is 11.5 Å². The van der Waals surface area contributed by atoms with Gasteiger partial charge in [0.2, 0.25) is 0 Å². The molecule has 21 heavy (non-hydrogen) atoms. The second kappa shape index (κ2) is 6.30. The summed E-state index contributed by atoms with van der Waals surface area (Å²) in [6, 6.07) is 7.08. The zero-order chi connectivity index (χ0) is 15.4. The molecule has 112 valence electrons. The van der Waals surface area contributed by atoms with E-state index in [4.69, 9.17) is 0 Å². The number of benzene rings is 1. The third-order valence-electron chi connectivity index (χ3n) is 3.48. The lowest BCUT2D eigenvalue weighted by molar-refractivity contribution is 0.0937. The van der Waals surface area contributed by atoms with Crippen LogP contribution in [0.3, 0.4) is 0 Å². The van der Waals surface area contributed by atoms with Gasteiger partial charge in [0.05, 0.1) is 5.56 Å². The van der Waals surface area contributed by atoms with Crippen molar-refractivity contribution in [3.8, 4) is 0 Å². The van der Waals surface area contributed by atoms with Crippen LogP contribution in [0.1, 0.15) is 31.1 Å². The van der Waals surface area contributed by atoms with Crippen molar-refractivity contribution in [1.29, 1.82) is 0 Å². The molecule has 4 N–H and O–H groups in total. The van der Waals surface area contributed by atoms with Crippen molar-refractivity contribution in [1.82, 2.24) is 21.2 Å². The highest BCUT2D eigenvalue weighted by Gasteiger charge is 2.14. The van der Waals surface area contributed by atoms with Gasteiger partial charge in [-0.1, -0.05) is 32.0 Å². The van der Waals surface area contributed by atoms with Crippen molar-refractivity contribution in [3.05, 3.63) is 36.0 Å². The van der Waals surface area contributed by atoms with Gasteiger partial charge in [0.15, 0.2) is 0 Å². The Morgan fingerprint density at radius 1 is 1.10 bits per heavy atom. The number of nitrogens with one attached hydrogen (secondary N) is 4. The van der Waals surface area contributed by atoms with Crippen LogP contribution < -0.4 is 16.2 Å². The van der Waals surface area contributed by atoms with E-state index in [1.807, 2.05) is 45.0 Å². The minimum atomic E-state index is -0.426. The predicted molar refractivity (Wildman–Crippen MR) is 81.7 cm³/mol. The van der Waals surface area contributed by atoms with Crippen LogP contribution >= 0.6 is 0 Å². The standard InChI is InChI=1S/C15H20N4O2/c1-9(2)10(3)17-15(21)19-18-14(20)12-8-16-13-7-5-4-6-11(12)13/h4-10,16H,1-3H3,(H,18,20)(H2,17,19,21). The summed E-state index contributed by atoms with van der Waals surface area (Å²) in [5.74, 6) is -0.0418. The van der Waals surface area contributed by atoms with Gasteiger partial charge in [-0.05, 0) is 18.9 Å². The quantitative estimate of drug-likeness (QED) is 0.652. The molecular formula is C15H20N4O2. The first kappa shape index (κ1) is 14.9. The number of carbonyl (C=O) groups is 2. The van der Waals surface area contributed by atoms with Crippen LogP contribution in [0.5, 0.6) is 0 Å². The summed E-state index contributed by atoms with van der Waals surface area (Å²) < 4.78 is 0. The minimum Gasteiger partial charge on any atom is -0.360 e. The first-order chi connectivity index (χ1) is 9.99. The maximum absolute atomic E-state index is 12.1. The summed E-state index contributed by atoms with van der Waals surface area (Å²) >= 11 is 0. The topological polar surface area (TPSA) is 86.0 Å². The maximum Gasteiger partial charge on any atom is 0.333 e. The van der Waals surface area contributed by atoms with Crippen molar-refractivity contribution in [2.24, 2.45) is 5.92 Å². The summed E-state index contributed by atoms with van der Waals surface area (Å²) in [6.45, 7) is 5.93. The summed E-state index contributed by atoms with van der Waals surface area (Å²) in [7, 11) is 0. The fourth-order valence-corrected chi connectivity index (χ4v) is 1.85. The normalized spacial score (nSPS) is 12.2. The van der Waals surface area contributed by atoms with E-state index in [-0.39, 0.29) is 11.9 Å². The van der Waals surface area contributed by atoms with Crippen molar-refractivity contribution in [2.45, 2.75) is 26.8 Å². The maximum atomic E-state index is 12.1. The molecule has 6 nitrogen and oxygen atoms in total. The number of hydrazine groups is 1. The van der Waals surface area contributed by atoms with E-state index in [9.17, 15) is 9.59 Å². The van der Waals surface area contributed by atoms with Gasteiger partial charge in [-0.25, -0.2) is 10.2 Å². The summed E-state index contributed by atoms with van der Waals surface area (Å²) in [6.07, 6.45) is 1.62. The first-order valence-corrected chi connectivity index (χ1v) is 6.92. The number of aromatic nitrogens is 1. The number of fused-ring (bicyclic) bond motifs is 1. The SMILES string of the molecule is CC(C)C(C)NC(=O)NNC(=O)c1c[nH]c2ccccc12. The number of carbonyl (C=O) groups excluding carboxylic acids is 2. The van der Waals surface area contributed by atoms with Gasteiger partial charge in [-0.2, -0.15) is 0 Å². The fraction of sp³-hybridized carbons (Fsp3) is 0.333. The highest BCUT2D eigenvalue weighted by Crippen LogP contribution is 2.17. The molecule has 0 aliphatic carbocycles. The second-order valence-corrected chi connectivity index (χ2v) is 5.33. The zero-order valence-corrected chi connectivity index (χ0v) is 12.4. The Labute approximate surface area is 123 Å². The first-order valence-electron chi connectivity index (χ1n) is 6.92. The Kier molecular flexibility index (Phi) is 4.47. The largest absolute Gasteiger partial charge is 0.360 e. The number of aromatic amines is 1. The third-order valence-corrected chi connectivity index (χ3v) is 3.48. The average molecular weight is 288 g/mol. The van der Waals surface area contributed by atoms with Gasteiger partial charge in [-0.15, -0.1) is 0 Å². The molecule has 0 aliphatic heterocycles. The van der Waals surface area contributed by atoms with Gasteiger partial charge < -0.3 is 10.3 Å². The molecule has 6 heteroatoms. The third kappa shape index (κ3) is 3.53. The van der Waals surface area contributed by atoms with Gasteiger partial charge in [0.25, 0.3) is 5.91 Å². The van der Waals surface area contributed by atoms with Gasteiger partial charge >= 0.3 is 6.03 Å². The van der Waals surface area contributed by atoms with Crippen LogP contribution in [-0.4, -0.2) is 23.0 Å². The molecule has 0 bridgehead atoms. The van der Waals surface area contributed by atoms with Gasteiger partial charge in [-0.3, -0.25) is 10.2 Å². The van der Waals surface area contributed by atoms with E-state index in [1.54, 1.807) is 6.20 Å². The lowest BCUT2D eigenvalue weighted by Gasteiger charge is -2.17. The molecule has 3 amide bonds. The Morgan fingerprint density at radius 2 is 1.81 bits per heavy atom. The number of urea groups is 1. The van der Waals surface area contributed by atoms with Gasteiger partial charge in [0.1, 0.15) is 0 Å². The Morgan fingerprint density at radius 3 is 2.52 bits per heavy atom. The molecule has 2 rings (SSSR count). The minimum absolute atomic E-state index is 0.0231. The monoisotopic (exact) mass is 288 g/mol. The smallest absolute Gasteiger partial charge is 0.333 e. The van der Waals surface area contributed by atoms with E-state index in [0.717, 1.165) is 10.9 Å². The summed E-state index contributed by atoms with van der Waals surface area (Å²) in [4.78, 5) is 26.7. The molecule has 0 saturated carbocycles. The molecule has 1 aromatic carbocycles. The number of hydrogen-bond acceptors (Lipinski definition) is 2. The fourth-order valence-electron chi connectivity index (χ4n) is 1.85. The molecule has 0 aliphatic rings. The van der Waals surface area contributed by atoms with Crippen LogP contribution in [0.4, 0.5) is 4.79 Å². The Balaban J connectivity index is 1.95. The van der Waals surface area contributed by atoms with E-state index in [1.165, 1.54) is 0 Å². The molecule has 0 spiro atoms. The molecule has 1 heterocycles. The molecule has 1 aromatic heterocycles. The van der Waals surface area contributed by atoms with E-state index >= 15 is 0 Å². The second-order valence-electron chi connectivity index (χ2n) is 5.33. The van der Waals surface area contributed by atoms with Crippen LogP contribution in [-0.2, 0) is 0 Å². The van der Waals surface area contributed by atoms with E-state index < -0.39 is 6.03 Å². The van der Waals surface area contributed by atoms with Crippen molar-refractivity contribution < 1.29 is 9.59 Å². The summed E-state index contributed by atoms with van der Waals surface area (Å²) in [5, 5.41) is 3.56. The molecule has 2 aromatic rings. The number of amides is 3. The Hall–Kier alpha value is -2.50. The number of para-hydroxylation sites is 1. The number of H-pyrrole nitrogens is 1.